The Morgan fingerprint density at radius 3 is 1.90 bits per heavy atom. The summed E-state index contributed by atoms with van der Waals surface area (Å²) in [5.74, 6) is -5.18. The molecule has 230 valence electrons. The number of hydrogen-bond donors (Lipinski definition) is 0. The Morgan fingerprint density at radius 1 is 0.800 bits per heavy atom. The van der Waals surface area contributed by atoms with E-state index in [0.29, 0.717) is 18.3 Å². The summed E-state index contributed by atoms with van der Waals surface area (Å²) in [7, 11) is 1.18. The molecule has 0 spiro atoms. The van der Waals surface area contributed by atoms with Gasteiger partial charge in [-0.25, -0.2) is 4.79 Å². The highest BCUT2D eigenvalue weighted by Crippen LogP contribution is 2.44. The van der Waals surface area contributed by atoms with Gasteiger partial charge in [-0.05, 0) is 37.0 Å². The van der Waals surface area contributed by atoms with Gasteiger partial charge in [0, 0.05) is 26.7 Å². The second-order valence-electron chi connectivity index (χ2n) is 11.4. The number of rotatable bonds is 10. The average molecular weight is 573 g/mol. The summed E-state index contributed by atoms with van der Waals surface area (Å²) in [6.07, 6.45) is -4.25. The smallest absolute Gasteiger partial charge is 0.370 e. The summed E-state index contributed by atoms with van der Waals surface area (Å²) in [6.45, 7) is 17.4. The van der Waals surface area contributed by atoms with Crippen LogP contribution in [0.25, 0.3) is 0 Å². The van der Waals surface area contributed by atoms with E-state index in [1.165, 1.54) is 27.9 Å². The molecule has 0 N–H and O–H groups in total. The van der Waals surface area contributed by atoms with Crippen molar-refractivity contribution in [2.45, 2.75) is 118 Å². The zero-order valence-corrected chi connectivity index (χ0v) is 25.8. The molecule has 2 saturated heterocycles. The molecule has 0 aromatic heterocycles. The van der Waals surface area contributed by atoms with Crippen LogP contribution in [0.1, 0.15) is 75.7 Å². The van der Waals surface area contributed by atoms with E-state index in [4.69, 9.17) is 33.2 Å². The zero-order valence-electron chi connectivity index (χ0n) is 25.8. The van der Waals surface area contributed by atoms with Crippen LogP contribution in [0.2, 0.25) is 0 Å². The van der Waals surface area contributed by atoms with Crippen LogP contribution in [0.15, 0.2) is 0 Å². The first-order chi connectivity index (χ1) is 18.6. The summed E-state index contributed by atoms with van der Waals surface area (Å²) in [4.78, 5) is 49.9. The zero-order chi connectivity index (χ0) is 30.5. The van der Waals surface area contributed by atoms with Gasteiger partial charge in [0.2, 0.25) is 0 Å². The van der Waals surface area contributed by atoms with Gasteiger partial charge in [0.05, 0.1) is 25.9 Å². The maximum Gasteiger partial charge on any atom is 0.370 e. The lowest BCUT2D eigenvalue weighted by molar-refractivity contribution is -0.354. The van der Waals surface area contributed by atoms with Crippen LogP contribution in [0, 0.1) is 29.6 Å². The van der Waals surface area contributed by atoms with E-state index >= 15 is 0 Å². The van der Waals surface area contributed by atoms with Crippen LogP contribution in [0.5, 0.6) is 0 Å². The molecule has 11 nitrogen and oxygen atoms in total. The van der Waals surface area contributed by atoms with Crippen LogP contribution in [-0.4, -0.2) is 80.0 Å². The fourth-order valence-corrected chi connectivity index (χ4v) is 5.82. The molecule has 2 heterocycles. The van der Waals surface area contributed by atoms with E-state index in [9.17, 15) is 19.2 Å². The average Bonchev–Trinajstić information content (AvgIpc) is 2.89. The predicted octanol–water partition coefficient (Wildman–Crippen LogP) is 3.44. The maximum absolute atomic E-state index is 13.6. The van der Waals surface area contributed by atoms with Gasteiger partial charge in [-0.2, -0.15) is 0 Å². The first-order valence-electron chi connectivity index (χ1n) is 14.2. The molecule has 2 rings (SSSR count). The molecule has 0 bridgehead atoms. The van der Waals surface area contributed by atoms with Gasteiger partial charge in [-0.1, -0.05) is 41.5 Å². The van der Waals surface area contributed by atoms with E-state index < -0.39 is 65.9 Å². The Balaban J connectivity index is 2.59. The number of carbonyl (C=O) groups is 4. The molecule has 12 atom stereocenters. The summed E-state index contributed by atoms with van der Waals surface area (Å²) in [5.41, 5.74) is 0. The van der Waals surface area contributed by atoms with Gasteiger partial charge in [0.25, 0.3) is 0 Å². The number of esters is 4. The third kappa shape index (κ3) is 7.33. The van der Waals surface area contributed by atoms with Gasteiger partial charge in [-0.3, -0.25) is 14.4 Å². The standard InChI is InChI=1S/C29H48O11/c1-12-23(37-20(8)30)26(38-21(9)31)25-17(5)18(6)27(39-22(10)32)29(40-25,28(33)34-11)35-13-24-16(4)14(2)15(3)19(7)36-24/h14-19,23-27H,12-13H2,1-11H3/t14-,15?,16-,17-,18+,19+,23-,24?,25?,26-,27?,29-/m1/s1. The minimum absolute atomic E-state index is 0.0421. The van der Waals surface area contributed by atoms with E-state index in [1.807, 2.05) is 13.8 Å². The normalized spacial score (nSPS) is 37.5. The van der Waals surface area contributed by atoms with Crippen LogP contribution in [-0.2, 0) is 52.3 Å². The Bertz CT molecular complexity index is 906. The SMILES string of the molecule is CC[C@@H](OC(C)=O)[C@@H](OC(C)=O)C1O[C@@](OCC2O[C@@H](C)C(C)[C@@H](C)[C@H]2C)(C(=O)OC)C(OC(C)=O)[C@@H](C)[C@H]1C. The molecule has 0 aromatic carbocycles. The first-order valence-corrected chi connectivity index (χ1v) is 14.2. The third-order valence-corrected chi connectivity index (χ3v) is 8.82. The molecule has 4 unspecified atom stereocenters. The van der Waals surface area contributed by atoms with Crippen LogP contribution in [0.3, 0.4) is 0 Å². The summed E-state index contributed by atoms with van der Waals surface area (Å²) in [5, 5.41) is 0. The van der Waals surface area contributed by atoms with Crippen LogP contribution < -0.4 is 0 Å². The quantitative estimate of drug-likeness (QED) is 0.282. The van der Waals surface area contributed by atoms with E-state index in [1.54, 1.807) is 13.8 Å². The van der Waals surface area contributed by atoms with Crippen molar-refractivity contribution < 1.29 is 52.3 Å². The van der Waals surface area contributed by atoms with Crippen molar-refractivity contribution in [3.63, 3.8) is 0 Å². The lowest BCUT2D eigenvalue weighted by Crippen LogP contribution is -2.68. The molecule has 0 amide bonds. The maximum atomic E-state index is 13.6. The highest BCUT2D eigenvalue weighted by molar-refractivity contribution is 5.80. The molecule has 11 heteroatoms. The first kappa shape index (κ1) is 34.0. The topological polar surface area (TPSA) is 133 Å². The van der Waals surface area contributed by atoms with Crippen molar-refractivity contribution in [2.75, 3.05) is 13.7 Å². The number of ether oxygens (including phenoxy) is 7. The summed E-state index contributed by atoms with van der Waals surface area (Å²) < 4.78 is 41.0. The Kier molecular flexibility index (Phi) is 12.0. The Morgan fingerprint density at radius 2 is 1.40 bits per heavy atom. The molecule has 0 aromatic rings. The highest BCUT2D eigenvalue weighted by atomic mass is 16.8. The molecule has 0 aliphatic carbocycles. The minimum atomic E-state index is -2.21. The number of hydrogen-bond acceptors (Lipinski definition) is 11. The van der Waals surface area contributed by atoms with Gasteiger partial charge in [0.15, 0.2) is 12.2 Å². The van der Waals surface area contributed by atoms with Crippen molar-refractivity contribution in [3.05, 3.63) is 0 Å². The minimum Gasteiger partial charge on any atom is -0.465 e. The Labute approximate surface area is 237 Å². The lowest BCUT2D eigenvalue weighted by Gasteiger charge is -2.51. The van der Waals surface area contributed by atoms with Crippen LogP contribution in [0.4, 0.5) is 0 Å². The third-order valence-electron chi connectivity index (χ3n) is 8.82. The molecule has 40 heavy (non-hydrogen) atoms. The van der Waals surface area contributed by atoms with E-state index in [-0.39, 0.29) is 24.7 Å². The summed E-state index contributed by atoms with van der Waals surface area (Å²) >= 11 is 0. The Hall–Kier alpha value is -2.24. The fourth-order valence-electron chi connectivity index (χ4n) is 5.82. The van der Waals surface area contributed by atoms with Crippen molar-refractivity contribution in [1.82, 2.24) is 0 Å². The van der Waals surface area contributed by atoms with Crippen molar-refractivity contribution >= 4 is 23.9 Å². The molecule has 2 aliphatic rings. The molecule has 2 aliphatic heterocycles. The highest BCUT2D eigenvalue weighted by Gasteiger charge is 2.63. The van der Waals surface area contributed by atoms with Crippen LogP contribution >= 0.6 is 0 Å². The number of carbonyl (C=O) groups excluding carboxylic acids is 4. The predicted molar refractivity (Wildman–Crippen MR) is 143 cm³/mol. The fraction of sp³-hybridized carbons (Fsp3) is 0.862. The number of methoxy groups -OCH3 is 1. The van der Waals surface area contributed by atoms with Gasteiger partial charge < -0.3 is 33.2 Å². The molecular formula is C29H48O11. The van der Waals surface area contributed by atoms with Gasteiger partial charge in [-0.15, -0.1) is 0 Å². The second kappa shape index (κ2) is 14.1. The lowest BCUT2D eigenvalue weighted by atomic mass is 9.76. The molecule has 2 fully saturated rings. The monoisotopic (exact) mass is 572 g/mol. The van der Waals surface area contributed by atoms with E-state index in [2.05, 4.69) is 20.8 Å². The van der Waals surface area contributed by atoms with Crippen molar-refractivity contribution in [2.24, 2.45) is 29.6 Å². The van der Waals surface area contributed by atoms with Gasteiger partial charge >= 0.3 is 29.7 Å². The molecule has 0 saturated carbocycles. The van der Waals surface area contributed by atoms with E-state index in [0.717, 1.165) is 0 Å². The van der Waals surface area contributed by atoms with Gasteiger partial charge in [0.1, 0.15) is 12.2 Å². The molecular weight excluding hydrogens is 524 g/mol. The largest absolute Gasteiger partial charge is 0.465 e. The molecule has 0 radical (unpaired) electrons. The second-order valence-corrected chi connectivity index (χ2v) is 11.4. The van der Waals surface area contributed by atoms with Crippen molar-refractivity contribution in [3.8, 4) is 0 Å². The summed E-state index contributed by atoms with van der Waals surface area (Å²) in [6, 6.07) is 0. The van der Waals surface area contributed by atoms with Crippen molar-refractivity contribution in [1.29, 1.82) is 0 Å².